The van der Waals surface area contributed by atoms with Crippen molar-refractivity contribution in [2.24, 2.45) is 5.92 Å². The fraction of sp³-hybridized carbons (Fsp3) is 0.308. The third kappa shape index (κ3) is 4.48. The Kier molecular flexibility index (Phi) is 6.20. The molecule has 1 amide bonds. The Balaban J connectivity index is 1.34. The molecule has 1 N–H and O–H groups in total. The molecule has 0 unspecified atom stereocenters. The summed E-state index contributed by atoms with van der Waals surface area (Å²) in [5.74, 6) is 1.13. The number of aryl methyl sites for hydroxylation is 2. The van der Waals surface area contributed by atoms with Gasteiger partial charge in [-0.2, -0.15) is 9.61 Å². The number of piperidine rings is 1. The van der Waals surface area contributed by atoms with Crippen LogP contribution >= 0.6 is 11.6 Å². The highest BCUT2D eigenvalue weighted by atomic mass is 35.5. The van der Waals surface area contributed by atoms with Crippen LogP contribution in [0.5, 0.6) is 0 Å². The summed E-state index contributed by atoms with van der Waals surface area (Å²) in [6.07, 6.45) is 5.11. The molecular formula is C26H27ClN6O. The molecule has 1 aliphatic rings. The molecule has 1 saturated heterocycles. The molecule has 7 nitrogen and oxygen atoms in total. The van der Waals surface area contributed by atoms with E-state index >= 15 is 0 Å². The lowest BCUT2D eigenvalue weighted by Crippen LogP contribution is -2.41. The van der Waals surface area contributed by atoms with Crippen molar-refractivity contribution >= 4 is 29.0 Å². The SMILES string of the molecule is Cc1cc(N2CCC(C(=O)NCc3cccnc3)CC2)n2nc(C)c(-c3ccc(Cl)cc3)c2n1. The van der Waals surface area contributed by atoms with E-state index in [2.05, 4.69) is 21.3 Å². The van der Waals surface area contributed by atoms with Crippen molar-refractivity contribution in [1.82, 2.24) is 24.9 Å². The Hall–Kier alpha value is -3.45. The number of benzene rings is 1. The molecule has 1 fully saturated rings. The molecule has 0 atom stereocenters. The van der Waals surface area contributed by atoms with Gasteiger partial charge in [-0.3, -0.25) is 9.78 Å². The fourth-order valence-corrected chi connectivity index (χ4v) is 4.74. The summed E-state index contributed by atoms with van der Waals surface area (Å²) in [6.45, 7) is 6.11. The van der Waals surface area contributed by atoms with E-state index in [1.807, 2.05) is 54.8 Å². The van der Waals surface area contributed by atoms with Gasteiger partial charge in [0.1, 0.15) is 5.82 Å². The van der Waals surface area contributed by atoms with Crippen molar-refractivity contribution in [3.8, 4) is 11.1 Å². The zero-order valence-electron chi connectivity index (χ0n) is 19.3. The van der Waals surface area contributed by atoms with Crippen LogP contribution in [0, 0.1) is 19.8 Å². The van der Waals surface area contributed by atoms with E-state index in [0.717, 1.165) is 65.5 Å². The Bertz CT molecular complexity index is 1310. The summed E-state index contributed by atoms with van der Waals surface area (Å²) < 4.78 is 1.94. The monoisotopic (exact) mass is 474 g/mol. The van der Waals surface area contributed by atoms with Gasteiger partial charge in [0, 0.05) is 60.3 Å². The Morgan fingerprint density at radius 1 is 1.15 bits per heavy atom. The lowest BCUT2D eigenvalue weighted by molar-refractivity contribution is -0.125. The van der Waals surface area contributed by atoms with E-state index in [0.29, 0.717) is 11.6 Å². The molecule has 0 bridgehead atoms. The Morgan fingerprint density at radius 3 is 2.62 bits per heavy atom. The minimum absolute atomic E-state index is 0.00957. The van der Waals surface area contributed by atoms with Crippen molar-refractivity contribution in [3.05, 3.63) is 76.8 Å². The molecule has 0 saturated carbocycles. The molecule has 4 heterocycles. The molecule has 3 aromatic heterocycles. The number of hydrogen-bond acceptors (Lipinski definition) is 5. The normalized spacial score (nSPS) is 14.5. The topological polar surface area (TPSA) is 75.4 Å². The van der Waals surface area contributed by atoms with E-state index in [1.165, 1.54) is 0 Å². The van der Waals surface area contributed by atoms with Gasteiger partial charge >= 0.3 is 0 Å². The molecule has 34 heavy (non-hydrogen) atoms. The van der Waals surface area contributed by atoms with Crippen molar-refractivity contribution in [2.75, 3.05) is 18.0 Å². The second kappa shape index (κ2) is 9.43. The first-order valence-electron chi connectivity index (χ1n) is 11.5. The second-order valence-electron chi connectivity index (χ2n) is 8.80. The summed E-state index contributed by atoms with van der Waals surface area (Å²) >= 11 is 6.09. The van der Waals surface area contributed by atoms with Crippen LogP contribution in [-0.2, 0) is 11.3 Å². The number of fused-ring (bicyclic) bond motifs is 1. The number of pyridine rings is 1. The number of carbonyl (C=O) groups excluding carboxylic acids is 1. The third-order valence-electron chi connectivity index (χ3n) is 6.39. The highest BCUT2D eigenvalue weighted by Gasteiger charge is 2.27. The summed E-state index contributed by atoms with van der Waals surface area (Å²) in [6, 6.07) is 13.7. The number of amides is 1. The fourth-order valence-electron chi connectivity index (χ4n) is 4.61. The van der Waals surface area contributed by atoms with Gasteiger partial charge in [-0.15, -0.1) is 0 Å². The standard InChI is InChI=1S/C26H27ClN6O/c1-17-14-23(33-25(30-17)24(18(2)31-33)20-5-7-22(27)8-6-20)32-12-9-21(10-13-32)26(34)29-16-19-4-3-11-28-15-19/h3-8,11,14-15,21H,9-10,12-13,16H2,1-2H3,(H,29,34). The first-order valence-corrected chi connectivity index (χ1v) is 11.9. The zero-order valence-corrected chi connectivity index (χ0v) is 20.1. The maximum Gasteiger partial charge on any atom is 0.223 e. The first-order chi connectivity index (χ1) is 16.5. The van der Waals surface area contributed by atoms with Crippen molar-refractivity contribution in [2.45, 2.75) is 33.2 Å². The number of carbonyl (C=O) groups is 1. The number of rotatable bonds is 5. The van der Waals surface area contributed by atoms with Gasteiger partial charge in [0.05, 0.1) is 5.69 Å². The number of nitrogens with zero attached hydrogens (tertiary/aromatic N) is 5. The summed E-state index contributed by atoms with van der Waals surface area (Å²) in [5, 5.41) is 8.60. The van der Waals surface area contributed by atoms with Gasteiger partial charge < -0.3 is 10.2 Å². The predicted molar refractivity (Wildman–Crippen MR) is 134 cm³/mol. The maximum atomic E-state index is 12.7. The summed E-state index contributed by atoms with van der Waals surface area (Å²) in [4.78, 5) is 24.0. The third-order valence-corrected chi connectivity index (χ3v) is 6.64. The van der Waals surface area contributed by atoms with Gasteiger partial charge in [0.25, 0.3) is 0 Å². The highest BCUT2D eigenvalue weighted by molar-refractivity contribution is 6.30. The van der Waals surface area contributed by atoms with Crippen LogP contribution in [0.3, 0.4) is 0 Å². The molecule has 174 valence electrons. The van der Waals surface area contributed by atoms with E-state index in [9.17, 15) is 4.79 Å². The predicted octanol–water partition coefficient (Wildman–Crippen LogP) is 4.59. The minimum atomic E-state index is 0.00957. The molecular weight excluding hydrogens is 448 g/mol. The molecule has 1 aromatic carbocycles. The van der Waals surface area contributed by atoms with Crippen molar-refractivity contribution in [1.29, 1.82) is 0 Å². The van der Waals surface area contributed by atoms with E-state index in [4.69, 9.17) is 21.7 Å². The van der Waals surface area contributed by atoms with Gasteiger partial charge in [-0.05, 0) is 56.0 Å². The van der Waals surface area contributed by atoms with Crippen LogP contribution in [0.15, 0.2) is 54.9 Å². The maximum absolute atomic E-state index is 12.7. The number of anilines is 1. The Morgan fingerprint density at radius 2 is 1.91 bits per heavy atom. The molecule has 0 radical (unpaired) electrons. The number of halogens is 1. The lowest BCUT2D eigenvalue weighted by atomic mass is 9.96. The van der Waals surface area contributed by atoms with Gasteiger partial charge in [-0.1, -0.05) is 29.8 Å². The summed E-state index contributed by atoms with van der Waals surface area (Å²) in [7, 11) is 0. The smallest absolute Gasteiger partial charge is 0.223 e. The molecule has 8 heteroatoms. The average molecular weight is 475 g/mol. The van der Waals surface area contributed by atoms with E-state index in [1.54, 1.807) is 12.4 Å². The van der Waals surface area contributed by atoms with Crippen molar-refractivity contribution < 1.29 is 4.79 Å². The lowest BCUT2D eigenvalue weighted by Gasteiger charge is -2.33. The van der Waals surface area contributed by atoms with Crippen LogP contribution in [-0.4, -0.2) is 38.6 Å². The highest BCUT2D eigenvalue weighted by Crippen LogP contribution is 2.32. The molecule has 5 rings (SSSR count). The molecule has 1 aliphatic heterocycles. The largest absolute Gasteiger partial charge is 0.356 e. The zero-order chi connectivity index (χ0) is 23.7. The molecule has 4 aromatic rings. The van der Waals surface area contributed by atoms with E-state index < -0.39 is 0 Å². The van der Waals surface area contributed by atoms with E-state index in [-0.39, 0.29) is 11.8 Å². The van der Waals surface area contributed by atoms with Crippen LogP contribution in [0.2, 0.25) is 5.02 Å². The average Bonchev–Trinajstić information content (AvgIpc) is 3.19. The van der Waals surface area contributed by atoms with Gasteiger partial charge in [0.2, 0.25) is 5.91 Å². The number of aromatic nitrogens is 4. The minimum Gasteiger partial charge on any atom is -0.356 e. The number of hydrogen-bond donors (Lipinski definition) is 1. The number of nitrogens with one attached hydrogen (secondary N) is 1. The second-order valence-corrected chi connectivity index (χ2v) is 9.24. The van der Waals surface area contributed by atoms with Crippen LogP contribution < -0.4 is 10.2 Å². The first kappa shape index (κ1) is 22.3. The van der Waals surface area contributed by atoms with Gasteiger partial charge in [-0.25, -0.2) is 4.98 Å². The molecule has 0 spiro atoms. The van der Waals surface area contributed by atoms with Crippen LogP contribution in [0.25, 0.3) is 16.8 Å². The van der Waals surface area contributed by atoms with Crippen LogP contribution in [0.1, 0.15) is 29.8 Å². The van der Waals surface area contributed by atoms with Crippen LogP contribution in [0.4, 0.5) is 5.82 Å². The van der Waals surface area contributed by atoms with Crippen molar-refractivity contribution in [3.63, 3.8) is 0 Å². The quantitative estimate of drug-likeness (QED) is 0.457. The summed E-state index contributed by atoms with van der Waals surface area (Å²) in [5.41, 5.74) is 5.77. The van der Waals surface area contributed by atoms with Gasteiger partial charge in [0.15, 0.2) is 5.65 Å². The Labute approximate surface area is 203 Å². The molecule has 0 aliphatic carbocycles.